The van der Waals surface area contributed by atoms with E-state index < -0.39 is 0 Å². The van der Waals surface area contributed by atoms with E-state index in [1.54, 1.807) is 0 Å². The van der Waals surface area contributed by atoms with E-state index in [0.717, 1.165) is 122 Å². The largest absolute Gasteiger partial charge is 0.0622 e. The van der Waals surface area contributed by atoms with Gasteiger partial charge < -0.3 is 0 Å². The van der Waals surface area contributed by atoms with Gasteiger partial charge in [-0.15, -0.1) is 0 Å². The molecule has 78 heavy (non-hydrogen) atoms. The molecule has 0 bridgehead atoms. The molecule has 0 nitrogen and oxygen atoms in total. The van der Waals surface area contributed by atoms with Gasteiger partial charge in [-0.2, -0.15) is 0 Å². The SMILES string of the molecule is c1ccc(-c2cccc(-c3c(-c4ccccc4)c(-c4cc(-c5ccccc5)cc(-c5ccccc5)c4)c(-c4cccc(-c5ccccc5)c4)c(-c4ccccc4)c3-c3cc(-c4ccccc4)cc(-c4ccccc4)c3)c2)cc1. The summed E-state index contributed by atoms with van der Waals surface area (Å²) in [5, 5.41) is 0. The van der Waals surface area contributed by atoms with Crippen molar-refractivity contribution in [1.82, 2.24) is 0 Å². The molecular formula is C78H54. The van der Waals surface area contributed by atoms with Crippen LogP contribution in [0.3, 0.4) is 0 Å². The van der Waals surface area contributed by atoms with E-state index in [-0.39, 0.29) is 0 Å². The summed E-state index contributed by atoms with van der Waals surface area (Å²) >= 11 is 0. The van der Waals surface area contributed by atoms with Crippen LogP contribution in [0.2, 0.25) is 0 Å². The second-order valence-corrected chi connectivity index (χ2v) is 19.9. The maximum Gasteiger partial charge on any atom is -0.00134 e. The molecule has 0 unspecified atom stereocenters. The molecule has 13 rings (SSSR count). The average molecular weight is 991 g/mol. The summed E-state index contributed by atoms with van der Waals surface area (Å²) < 4.78 is 0. The maximum absolute atomic E-state index is 2.44. The van der Waals surface area contributed by atoms with E-state index in [1.165, 1.54) is 11.1 Å². The van der Waals surface area contributed by atoms with Gasteiger partial charge in [-0.05, 0) is 182 Å². The topological polar surface area (TPSA) is 0 Å². The van der Waals surface area contributed by atoms with Gasteiger partial charge in [0.1, 0.15) is 0 Å². The molecule has 0 N–H and O–H groups in total. The molecule has 0 spiro atoms. The van der Waals surface area contributed by atoms with Crippen LogP contribution in [0.4, 0.5) is 0 Å². The van der Waals surface area contributed by atoms with Crippen LogP contribution in [0.15, 0.2) is 328 Å². The fraction of sp³-hybridized carbons (Fsp3) is 0. The summed E-state index contributed by atoms with van der Waals surface area (Å²) in [4.78, 5) is 0. The molecule has 0 radical (unpaired) electrons. The van der Waals surface area contributed by atoms with Crippen molar-refractivity contribution >= 4 is 0 Å². The van der Waals surface area contributed by atoms with Gasteiger partial charge in [-0.1, -0.05) is 279 Å². The predicted octanol–water partition coefficient (Wildman–Crippen LogP) is 21.7. The Morgan fingerprint density at radius 2 is 0.244 bits per heavy atom. The molecule has 0 saturated carbocycles. The van der Waals surface area contributed by atoms with Crippen LogP contribution in [-0.4, -0.2) is 0 Å². The monoisotopic (exact) mass is 990 g/mol. The third kappa shape index (κ3) is 9.60. The normalized spacial score (nSPS) is 11.1. The van der Waals surface area contributed by atoms with Crippen molar-refractivity contribution in [1.29, 1.82) is 0 Å². The molecule has 0 heteroatoms. The fourth-order valence-corrected chi connectivity index (χ4v) is 11.4. The molecule has 0 aromatic heterocycles. The van der Waals surface area contributed by atoms with Gasteiger partial charge in [0.25, 0.3) is 0 Å². The summed E-state index contributed by atoms with van der Waals surface area (Å²) in [6, 6.07) is 120. The van der Waals surface area contributed by atoms with Gasteiger partial charge in [-0.3, -0.25) is 0 Å². The van der Waals surface area contributed by atoms with Gasteiger partial charge in [0.05, 0.1) is 0 Å². The van der Waals surface area contributed by atoms with Gasteiger partial charge in [0.15, 0.2) is 0 Å². The molecule has 366 valence electrons. The van der Waals surface area contributed by atoms with E-state index in [4.69, 9.17) is 0 Å². The lowest BCUT2D eigenvalue weighted by Crippen LogP contribution is -2.03. The lowest BCUT2D eigenvalue weighted by Gasteiger charge is -2.30. The first-order valence-electron chi connectivity index (χ1n) is 26.9. The standard InChI is InChI=1S/C78H54/c1-9-27-55(28-10-1)63-43-25-45-65(47-63)75-73(61-39-21-7-22-40-61)78(72-53-69(59-35-17-5-18-36-59)50-70(54-72)60-37-19-6-20-38-60)76(66-46-26-44-64(48-66)56-29-11-2-12-30-56)74(62-41-23-8-24-42-62)77(75)71-51-67(57-31-13-3-14-32-57)49-68(52-71)58-33-15-4-16-34-58/h1-54H. The number of benzene rings is 13. The first-order valence-corrected chi connectivity index (χ1v) is 26.9. The van der Waals surface area contributed by atoms with E-state index in [9.17, 15) is 0 Å². The van der Waals surface area contributed by atoms with Crippen molar-refractivity contribution in [3.05, 3.63) is 328 Å². The molecule has 0 atom stereocenters. The average Bonchev–Trinajstić information content (AvgIpc) is 3.66. The zero-order valence-corrected chi connectivity index (χ0v) is 43.2. The second kappa shape index (κ2) is 21.6. The Bertz CT molecular complexity index is 3780. The Morgan fingerprint density at radius 1 is 0.0897 bits per heavy atom. The lowest BCUT2D eigenvalue weighted by molar-refractivity contribution is 1.50. The fourth-order valence-electron chi connectivity index (χ4n) is 11.4. The first-order chi connectivity index (χ1) is 38.7. The van der Waals surface area contributed by atoms with Crippen LogP contribution in [0, 0.1) is 0 Å². The third-order valence-electron chi connectivity index (χ3n) is 15.0. The molecule has 0 heterocycles. The second-order valence-electron chi connectivity index (χ2n) is 19.9. The van der Waals surface area contributed by atoms with E-state index in [0.29, 0.717) is 0 Å². The minimum absolute atomic E-state index is 1.13. The molecule has 0 saturated heterocycles. The van der Waals surface area contributed by atoms with Crippen LogP contribution >= 0.6 is 0 Å². The summed E-state index contributed by atoms with van der Waals surface area (Å²) in [5.41, 5.74) is 27.6. The highest BCUT2D eigenvalue weighted by Crippen LogP contribution is 2.57. The summed E-state index contributed by atoms with van der Waals surface area (Å²) in [7, 11) is 0. The first kappa shape index (κ1) is 47.6. The van der Waals surface area contributed by atoms with Gasteiger partial charge in [-0.25, -0.2) is 0 Å². The molecule has 0 aliphatic heterocycles. The number of hydrogen-bond acceptors (Lipinski definition) is 0. The van der Waals surface area contributed by atoms with E-state index >= 15 is 0 Å². The zero-order valence-electron chi connectivity index (χ0n) is 43.2. The van der Waals surface area contributed by atoms with Crippen molar-refractivity contribution < 1.29 is 0 Å². The van der Waals surface area contributed by atoms with Crippen molar-refractivity contribution in [2.75, 3.05) is 0 Å². The van der Waals surface area contributed by atoms with Crippen LogP contribution < -0.4 is 0 Å². The smallest absolute Gasteiger partial charge is 0.00134 e. The minimum Gasteiger partial charge on any atom is -0.0622 e. The Labute approximate surface area is 458 Å². The van der Waals surface area contributed by atoms with Crippen LogP contribution in [0.25, 0.3) is 134 Å². The third-order valence-corrected chi connectivity index (χ3v) is 15.0. The van der Waals surface area contributed by atoms with E-state index in [1.807, 2.05) is 0 Å². The van der Waals surface area contributed by atoms with Crippen LogP contribution in [-0.2, 0) is 0 Å². The van der Waals surface area contributed by atoms with Crippen LogP contribution in [0.1, 0.15) is 0 Å². The predicted molar refractivity (Wildman–Crippen MR) is 332 cm³/mol. The Morgan fingerprint density at radius 3 is 0.500 bits per heavy atom. The number of rotatable bonds is 12. The van der Waals surface area contributed by atoms with Crippen molar-refractivity contribution in [3.63, 3.8) is 0 Å². The van der Waals surface area contributed by atoms with Gasteiger partial charge in [0.2, 0.25) is 0 Å². The van der Waals surface area contributed by atoms with Crippen molar-refractivity contribution in [2.45, 2.75) is 0 Å². The van der Waals surface area contributed by atoms with Gasteiger partial charge in [0, 0.05) is 0 Å². The Hall–Kier alpha value is -10.1. The highest BCUT2D eigenvalue weighted by molar-refractivity contribution is 6.16. The molecule has 0 aliphatic carbocycles. The molecular weight excluding hydrogens is 937 g/mol. The summed E-state index contributed by atoms with van der Waals surface area (Å²) in [6.45, 7) is 0. The summed E-state index contributed by atoms with van der Waals surface area (Å²) in [6.07, 6.45) is 0. The summed E-state index contributed by atoms with van der Waals surface area (Å²) in [5.74, 6) is 0. The quantitative estimate of drug-likeness (QED) is 0.114. The van der Waals surface area contributed by atoms with Gasteiger partial charge >= 0.3 is 0 Å². The highest BCUT2D eigenvalue weighted by Gasteiger charge is 2.31. The van der Waals surface area contributed by atoms with Crippen molar-refractivity contribution in [2.24, 2.45) is 0 Å². The molecule has 13 aromatic rings. The Kier molecular flexibility index (Phi) is 13.2. The zero-order chi connectivity index (χ0) is 52.0. The number of hydrogen-bond donors (Lipinski definition) is 0. The van der Waals surface area contributed by atoms with E-state index in [2.05, 4.69) is 328 Å². The lowest BCUT2D eigenvalue weighted by atomic mass is 9.73. The molecule has 0 amide bonds. The van der Waals surface area contributed by atoms with Crippen LogP contribution in [0.5, 0.6) is 0 Å². The molecule has 0 aliphatic rings. The Balaban J connectivity index is 1.29. The minimum atomic E-state index is 1.13. The van der Waals surface area contributed by atoms with Crippen molar-refractivity contribution in [3.8, 4) is 134 Å². The molecule has 13 aromatic carbocycles. The highest BCUT2D eigenvalue weighted by atomic mass is 14.3. The maximum atomic E-state index is 2.44. The molecule has 0 fully saturated rings.